The van der Waals surface area contributed by atoms with Gasteiger partial charge in [0.1, 0.15) is 11.4 Å². The van der Waals surface area contributed by atoms with E-state index in [1.165, 1.54) is 0 Å². The van der Waals surface area contributed by atoms with E-state index in [1.807, 2.05) is 20.8 Å². The van der Waals surface area contributed by atoms with E-state index in [9.17, 15) is 4.79 Å². The molecule has 0 radical (unpaired) electrons. The van der Waals surface area contributed by atoms with Crippen LogP contribution in [0.5, 0.6) is 0 Å². The molecule has 1 saturated carbocycles. The van der Waals surface area contributed by atoms with Crippen LogP contribution < -0.4 is 11.1 Å². The lowest BCUT2D eigenvalue weighted by atomic mass is 9.81. The zero-order chi connectivity index (χ0) is 14.5. The molecule has 6 heteroatoms. The number of carbonyl (C=O) groups excluding carboxylic acids is 1. The Morgan fingerprint density at radius 1 is 1.37 bits per heavy atom. The first-order chi connectivity index (χ1) is 8.81. The van der Waals surface area contributed by atoms with Crippen LogP contribution in [-0.4, -0.2) is 29.3 Å². The van der Waals surface area contributed by atoms with Gasteiger partial charge in [0, 0.05) is 12.5 Å². The Balaban J connectivity index is 2.25. The summed E-state index contributed by atoms with van der Waals surface area (Å²) in [5, 5.41) is 14.5. The fourth-order valence-corrected chi connectivity index (χ4v) is 2.29. The predicted octanol–water partition coefficient (Wildman–Crippen LogP) is 2.06. The van der Waals surface area contributed by atoms with E-state index in [0.29, 0.717) is 18.3 Å². The summed E-state index contributed by atoms with van der Waals surface area (Å²) in [4.78, 5) is 11.5. The number of amidine groups is 1. The molecule has 0 saturated heterocycles. The summed E-state index contributed by atoms with van der Waals surface area (Å²) in [5.74, 6) is 0.927. The highest BCUT2D eigenvalue weighted by molar-refractivity contribution is 5.82. The summed E-state index contributed by atoms with van der Waals surface area (Å²) >= 11 is 0. The van der Waals surface area contributed by atoms with E-state index in [0.717, 1.165) is 25.7 Å². The average Bonchev–Trinajstić information content (AvgIpc) is 2.34. The molecular weight excluding hydrogens is 246 g/mol. The predicted molar refractivity (Wildman–Crippen MR) is 73.1 cm³/mol. The SMILES string of the molecule is CC(C)(C)OC(=O)NCC1CCC(C(N)=NO)CC1. The molecular formula is C13H25N3O3. The quantitative estimate of drug-likeness (QED) is 0.317. The van der Waals surface area contributed by atoms with Crippen LogP contribution in [0.1, 0.15) is 46.5 Å². The van der Waals surface area contributed by atoms with Crippen LogP contribution in [0.15, 0.2) is 5.16 Å². The van der Waals surface area contributed by atoms with Crippen LogP contribution in [0.2, 0.25) is 0 Å². The first-order valence-corrected chi connectivity index (χ1v) is 6.76. The van der Waals surface area contributed by atoms with Gasteiger partial charge >= 0.3 is 6.09 Å². The van der Waals surface area contributed by atoms with E-state index < -0.39 is 5.60 Å². The molecule has 0 spiro atoms. The number of hydrogen-bond acceptors (Lipinski definition) is 4. The smallest absolute Gasteiger partial charge is 0.407 e. The van der Waals surface area contributed by atoms with Gasteiger partial charge in [0.2, 0.25) is 0 Å². The minimum atomic E-state index is -0.464. The molecule has 0 aliphatic heterocycles. The summed E-state index contributed by atoms with van der Waals surface area (Å²) in [7, 11) is 0. The van der Waals surface area contributed by atoms with Crippen molar-refractivity contribution in [2.24, 2.45) is 22.7 Å². The summed E-state index contributed by atoms with van der Waals surface area (Å²) in [6.07, 6.45) is 3.37. The summed E-state index contributed by atoms with van der Waals surface area (Å²) in [6, 6.07) is 0. The van der Waals surface area contributed by atoms with E-state index in [-0.39, 0.29) is 12.0 Å². The number of hydrogen-bond donors (Lipinski definition) is 3. The third-order valence-corrected chi connectivity index (χ3v) is 3.31. The molecule has 1 rings (SSSR count). The maximum Gasteiger partial charge on any atom is 0.407 e. The second-order valence-electron chi connectivity index (χ2n) is 6.13. The largest absolute Gasteiger partial charge is 0.444 e. The molecule has 4 N–H and O–H groups in total. The van der Waals surface area contributed by atoms with E-state index in [1.54, 1.807) is 0 Å². The molecule has 1 fully saturated rings. The normalized spacial score (nSPS) is 24.9. The topological polar surface area (TPSA) is 96.9 Å². The number of rotatable bonds is 3. The van der Waals surface area contributed by atoms with Gasteiger partial charge in [0.15, 0.2) is 0 Å². The molecule has 0 heterocycles. The Morgan fingerprint density at radius 2 is 1.95 bits per heavy atom. The summed E-state index contributed by atoms with van der Waals surface area (Å²) in [5.41, 5.74) is 5.13. The van der Waals surface area contributed by atoms with Crippen molar-refractivity contribution in [3.8, 4) is 0 Å². The molecule has 0 aromatic heterocycles. The molecule has 19 heavy (non-hydrogen) atoms. The Kier molecular flexibility index (Phi) is 5.44. The second kappa shape index (κ2) is 6.63. The van der Waals surface area contributed by atoms with Crippen molar-refractivity contribution in [2.75, 3.05) is 6.54 Å². The maximum absolute atomic E-state index is 11.5. The second-order valence-corrected chi connectivity index (χ2v) is 6.13. The van der Waals surface area contributed by atoms with Gasteiger partial charge in [-0.05, 0) is 52.4 Å². The third kappa shape index (κ3) is 5.81. The first kappa shape index (κ1) is 15.6. The van der Waals surface area contributed by atoms with Crippen molar-refractivity contribution in [3.05, 3.63) is 0 Å². The number of nitrogens with zero attached hydrogens (tertiary/aromatic N) is 1. The molecule has 1 aliphatic carbocycles. The molecule has 0 atom stereocenters. The van der Waals surface area contributed by atoms with Crippen LogP contribution in [0.4, 0.5) is 4.79 Å². The summed E-state index contributed by atoms with van der Waals surface area (Å²) in [6.45, 7) is 6.15. The van der Waals surface area contributed by atoms with Gasteiger partial charge in [-0.25, -0.2) is 4.79 Å². The molecule has 0 unspecified atom stereocenters. The van der Waals surface area contributed by atoms with Crippen LogP contribution in [0.3, 0.4) is 0 Å². The zero-order valence-electron chi connectivity index (χ0n) is 12.0. The molecule has 6 nitrogen and oxygen atoms in total. The van der Waals surface area contributed by atoms with Crippen LogP contribution >= 0.6 is 0 Å². The highest BCUT2D eigenvalue weighted by Gasteiger charge is 2.25. The first-order valence-electron chi connectivity index (χ1n) is 6.76. The fraction of sp³-hybridized carbons (Fsp3) is 0.846. The Bertz CT molecular complexity index is 329. The van der Waals surface area contributed by atoms with Gasteiger partial charge in [-0.2, -0.15) is 0 Å². The van der Waals surface area contributed by atoms with Crippen molar-refractivity contribution in [2.45, 2.75) is 52.1 Å². The monoisotopic (exact) mass is 271 g/mol. The van der Waals surface area contributed by atoms with Gasteiger partial charge in [-0.3, -0.25) is 0 Å². The fourth-order valence-electron chi connectivity index (χ4n) is 2.29. The van der Waals surface area contributed by atoms with Crippen LogP contribution in [0.25, 0.3) is 0 Å². The molecule has 110 valence electrons. The Hall–Kier alpha value is -1.46. The van der Waals surface area contributed by atoms with Crippen molar-refractivity contribution >= 4 is 11.9 Å². The number of alkyl carbamates (subject to hydrolysis) is 1. The number of oxime groups is 1. The molecule has 1 aliphatic rings. The average molecular weight is 271 g/mol. The van der Waals surface area contributed by atoms with Crippen molar-refractivity contribution in [3.63, 3.8) is 0 Å². The molecule has 0 bridgehead atoms. The number of carbonyl (C=O) groups is 1. The number of nitrogens with two attached hydrogens (primary N) is 1. The Labute approximate surface area is 114 Å². The molecule has 0 aromatic rings. The van der Waals surface area contributed by atoms with Crippen molar-refractivity contribution < 1.29 is 14.7 Å². The van der Waals surface area contributed by atoms with Gasteiger partial charge in [-0.1, -0.05) is 5.16 Å². The minimum Gasteiger partial charge on any atom is -0.444 e. The van der Waals surface area contributed by atoms with E-state index in [2.05, 4.69) is 10.5 Å². The Morgan fingerprint density at radius 3 is 2.42 bits per heavy atom. The maximum atomic E-state index is 11.5. The lowest BCUT2D eigenvalue weighted by Gasteiger charge is -2.28. The number of nitrogens with one attached hydrogen (secondary N) is 1. The molecule has 1 amide bonds. The molecule has 0 aromatic carbocycles. The highest BCUT2D eigenvalue weighted by atomic mass is 16.6. The van der Waals surface area contributed by atoms with Gasteiger partial charge in [0.05, 0.1) is 0 Å². The van der Waals surface area contributed by atoms with Crippen molar-refractivity contribution in [1.82, 2.24) is 5.32 Å². The highest BCUT2D eigenvalue weighted by Crippen LogP contribution is 2.28. The van der Waals surface area contributed by atoms with E-state index in [4.69, 9.17) is 15.7 Å². The minimum absolute atomic E-state index is 0.169. The van der Waals surface area contributed by atoms with Gasteiger partial charge in [0.25, 0.3) is 0 Å². The standard InChI is InChI=1S/C13H25N3O3/c1-13(2,3)19-12(17)15-8-9-4-6-10(7-5-9)11(14)16-18/h9-10,18H,4-8H2,1-3H3,(H2,14,16)(H,15,17). The van der Waals surface area contributed by atoms with Crippen LogP contribution in [-0.2, 0) is 4.74 Å². The van der Waals surface area contributed by atoms with Crippen LogP contribution in [0, 0.1) is 11.8 Å². The lowest BCUT2D eigenvalue weighted by molar-refractivity contribution is 0.0514. The number of ether oxygens (including phenoxy) is 1. The van der Waals surface area contributed by atoms with E-state index >= 15 is 0 Å². The number of amides is 1. The van der Waals surface area contributed by atoms with Gasteiger partial charge in [-0.15, -0.1) is 0 Å². The summed E-state index contributed by atoms with van der Waals surface area (Å²) < 4.78 is 5.18. The van der Waals surface area contributed by atoms with Gasteiger partial charge < -0.3 is 21.0 Å². The lowest BCUT2D eigenvalue weighted by Crippen LogP contribution is -2.37. The third-order valence-electron chi connectivity index (χ3n) is 3.31. The zero-order valence-corrected chi connectivity index (χ0v) is 12.0. The van der Waals surface area contributed by atoms with Crippen molar-refractivity contribution in [1.29, 1.82) is 0 Å².